The van der Waals surface area contributed by atoms with Crippen molar-refractivity contribution in [3.63, 3.8) is 0 Å². The lowest BCUT2D eigenvalue weighted by Crippen LogP contribution is -2.59. The van der Waals surface area contributed by atoms with Crippen LogP contribution in [-0.4, -0.2) is 62.7 Å². The fourth-order valence-electron chi connectivity index (χ4n) is 2.59. The third-order valence-electron chi connectivity index (χ3n) is 3.23. The minimum atomic E-state index is 0.646. The molecule has 1 aliphatic heterocycles. The van der Waals surface area contributed by atoms with E-state index in [1.54, 1.807) is 0 Å². The van der Waals surface area contributed by atoms with Crippen molar-refractivity contribution in [2.24, 2.45) is 5.92 Å². The molecule has 0 aromatic carbocycles. The van der Waals surface area contributed by atoms with Crippen LogP contribution in [0.2, 0.25) is 0 Å². The molecule has 2 unspecified atom stereocenters. The summed E-state index contributed by atoms with van der Waals surface area (Å²) < 4.78 is 0. The van der Waals surface area contributed by atoms with Gasteiger partial charge >= 0.3 is 0 Å². The molecule has 84 valence electrons. The Bertz CT molecular complexity index is 160. The summed E-state index contributed by atoms with van der Waals surface area (Å²) in [5.41, 5.74) is 0. The van der Waals surface area contributed by atoms with E-state index in [0.717, 1.165) is 13.1 Å². The predicted octanol–water partition coefficient (Wildman–Crippen LogP) is 0.476. The lowest BCUT2D eigenvalue weighted by atomic mass is 9.93. The zero-order chi connectivity index (χ0) is 10.7. The van der Waals surface area contributed by atoms with Crippen molar-refractivity contribution >= 4 is 0 Å². The topological polar surface area (TPSA) is 18.5 Å². The third kappa shape index (κ3) is 2.69. The van der Waals surface area contributed by atoms with Crippen LogP contribution in [0.5, 0.6) is 0 Å². The van der Waals surface area contributed by atoms with Gasteiger partial charge in [0.2, 0.25) is 0 Å². The molecule has 1 saturated heterocycles. The van der Waals surface area contributed by atoms with Crippen LogP contribution in [0.25, 0.3) is 0 Å². The SMILES string of the molecule is CC(C)C(C1CNCCN1C)N(C)C. The predicted molar refractivity (Wildman–Crippen MR) is 61.6 cm³/mol. The Hall–Kier alpha value is -0.120. The molecule has 0 aromatic heterocycles. The van der Waals surface area contributed by atoms with Crippen LogP contribution >= 0.6 is 0 Å². The molecule has 3 nitrogen and oxygen atoms in total. The van der Waals surface area contributed by atoms with Gasteiger partial charge in [0.1, 0.15) is 0 Å². The lowest BCUT2D eigenvalue weighted by Gasteiger charge is -2.43. The van der Waals surface area contributed by atoms with E-state index in [-0.39, 0.29) is 0 Å². The van der Waals surface area contributed by atoms with Crippen LogP contribution in [0.4, 0.5) is 0 Å². The highest BCUT2D eigenvalue weighted by Gasteiger charge is 2.30. The Balaban J connectivity index is 2.65. The Morgan fingerprint density at radius 2 is 2.00 bits per heavy atom. The highest BCUT2D eigenvalue weighted by Crippen LogP contribution is 2.17. The highest BCUT2D eigenvalue weighted by atomic mass is 15.3. The maximum atomic E-state index is 3.49. The molecule has 1 fully saturated rings. The molecule has 0 aliphatic carbocycles. The van der Waals surface area contributed by atoms with Crippen molar-refractivity contribution in [3.05, 3.63) is 0 Å². The first-order chi connectivity index (χ1) is 6.54. The van der Waals surface area contributed by atoms with Gasteiger partial charge in [-0.2, -0.15) is 0 Å². The summed E-state index contributed by atoms with van der Waals surface area (Å²) in [5.74, 6) is 0.706. The normalized spacial score (nSPS) is 27.2. The molecule has 0 spiro atoms. The second kappa shape index (κ2) is 5.10. The number of rotatable bonds is 3. The van der Waals surface area contributed by atoms with Crippen molar-refractivity contribution in [1.29, 1.82) is 0 Å². The summed E-state index contributed by atoms with van der Waals surface area (Å²) in [7, 11) is 6.62. The summed E-state index contributed by atoms with van der Waals surface area (Å²) in [6.07, 6.45) is 0. The van der Waals surface area contributed by atoms with Crippen molar-refractivity contribution in [1.82, 2.24) is 15.1 Å². The number of piperazine rings is 1. The second-order valence-corrected chi connectivity index (χ2v) is 4.95. The summed E-state index contributed by atoms with van der Waals surface area (Å²) in [4.78, 5) is 4.85. The molecule has 1 rings (SSSR count). The molecule has 0 radical (unpaired) electrons. The summed E-state index contributed by atoms with van der Waals surface area (Å²) >= 11 is 0. The second-order valence-electron chi connectivity index (χ2n) is 4.95. The third-order valence-corrected chi connectivity index (χ3v) is 3.23. The summed E-state index contributed by atoms with van der Waals surface area (Å²) in [6.45, 7) is 8.05. The van der Waals surface area contributed by atoms with E-state index in [0.29, 0.717) is 18.0 Å². The quantitative estimate of drug-likeness (QED) is 0.713. The standard InChI is InChI=1S/C11H25N3/c1-9(2)11(13(3)4)10-8-12-6-7-14(10)5/h9-12H,6-8H2,1-5H3. The van der Waals surface area contributed by atoms with E-state index >= 15 is 0 Å². The molecular formula is C11H25N3. The maximum Gasteiger partial charge on any atom is 0.0376 e. The van der Waals surface area contributed by atoms with Gasteiger partial charge in [0.15, 0.2) is 0 Å². The highest BCUT2D eigenvalue weighted by molar-refractivity contribution is 4.89. The molecule has 1 N–H and O–H groups in total. The Morgan fingerprint density at radius 3 is 2.43 bits per heavy atom. The van der Waals surface area contributed by atoms with Crippen molar-refractivity contribution < 1.29 is 0 Å². The van der Waals surface area contributed by atoms with E-state index < -0.39 is 0 Å². The van der Waals surface area contributed by atoms with Crippen LogP contribution in [0.1, 0.15) is 13.8 Å². The zero-order valence-electron chi connectivity index (χ0n) is 10.2. The monoisotopic (exact) mass is 199 g/mol. The average molecular weight is 199 g/mol. The molecule has 0 bridgehead atoms. The molecule has 1 heterocycles. The zero-order valence-corrected chi connectivity index (χ0v) is 10.2. The first kappa shape index (κ1) is 12.0. The molecule has 0 aromatic rings. The lowest BCUT2D eigenvalue weighted by molar-refractivity contribution is 0.0804. The molecule has 0 amide bonds. The largest absolute Gasteiger partial charge is 0.314 e. The van der Waals surface area contributed by atoms with Crippen molar-refractivity contribution in [3.8, 4) is 0 Å². The molecule has 14 heavy (non-hydrogen) atoms. The number of hydrogen-bond acceptors (Lipinski definition) is 3. The number of nitrogens with zero attached hydrogens (tertiary/aromatic N) is 2. The van der Waals surface area contributed by atoms with Gasteiger partial charge < -0.3 is 10.2 Å². The summed E-state index contributed by atoms with van der Waals surface area (Å²) in [6, 6.07) is 1.30. The van der Waals surface area contributed by atoms with E-state index in [4.69, 9.17) is 0 Å². The van der Waals surface area contributed by atoms with Crippen LogP contribution in [0.15, 0.2) is 0 Å². The number of likely N-dealkylation sites (N-methyl/N-ethyl adjacent to an activating group) is 2. The van der Waals surface area contributed by atoms with E-state index in [2.05, 4.69) is 50.1 Å². The Kier molecular flexibility index (Phi) is 4.35. The molecule has 1 aliphatic rings. The smallest absolute Gasteiger partial charge is 0.0376 e. The van der Waals surface area contributed by atoms with Crippen molar-refractivity contribution in [2.45, 2.75) is 25.9 Å². The van der Waals surface area contributed by atoms with Gasteiger partial charge in [0.05, 0.1) is 0 Å². The Morgan fingerprint density at radius 1 is 1.36 bits per heavy atom. The molecule has 2 atom stereocenters. The maximum absolute atomic E-state index is 3.49. The number of hydrogen-bond donors (Lipinski definition) is 1. The Labute approximate surface area is 88.5 Å². The molecular weight excluding hydrogens is 174 g/mol. The minimum Gasteiger partial charge on any atom is -0.314 e. The number of nitrogens with one attached hydrogen (secondary N) is 1. The van der Waals surface area contributed by atoms with E-state index in [9.17, 15) is 0 Å². The van der Waals surface area contributed by atoms with Gasteiger partial charge in [0.25, 0.3) is 0 Å². The van der Waals surface area contributed by atoms with Gasteiger partial charge in [-0.3, -0.25) is 4.90 Å². The summed E-state index contributed by atoms with van der Waals surface area (Å²) in [5, 5.41) is 3.49. The van der Waals surface area contributed by atoms with Crippen LogP contribution in [-0.2, 0) is 0 Å². The van der Waals surface area contributed by atoms with E-state index in [1.807, 2.05) is 0 Å². The van der Waals surface area contributed by atoms with Gasteiger partial charge in [-0.1, -0.05) is 13.8 Å². The van der Waals surface area contributed by atoms with Gasteiger partial charge in [0, 0.05) is 31.7 Å². The minimum absolute atomic E-state index is 0.646. The fourth-order valence-corrected chi connectivity index (χ4v) is 2.59. The molecule has 0 saturated carbocycles. The fraction of sp³-hybridized carbons (Fsp3) is 1.00. The van der Waals surface area contributed by atoms with Gasteiger partial charge in [-0.05, 0) is 27.1 Å². The average Bonchev–Trinajstić information content (AvgIpc) is 2.07. The van der Waals surface area contributed by atoms with Crippen LogP contribution in [0, 0.1) is 5.92 Å². The first-order valence-electron chi connectivity index (χ1n) is 5.61. The molecule has 3 heteroatoms. The van der Waals surface area contributed by atoms with Gasteiger partial charge in [-0.25, -0.2) is 0 Å². The van der Waals surface area contributed by atoms with Crippen molar-refractivity contribution in [2.75, 3.05) is 40.8 Å². The first-order valence-corrected chi connectivity index (χ1v) is 5.61. The van der Waals surface area contributed by atoms with Crippen LogP contribution < -0.4 is 5.32 Å². The van der Waals surface area contributed by atoms with Crippen LogP contribution in [0.3, 0.4) is 0 Å². The van der Waals surface area contributed by atoms with Gasteiger partial charge in [-0.15, -0.1) is 0 Å². The van der Waals surface area contributed by atoms with E-state index in [1.165, 1.54) is 6.54 Å².